The first-order valence-electron chi connectivity index (χ1n) is 9.98. The van der Waals surface area contributed by atoms with Crippen molar-refractivity contribution in [1.82, 2.24) is 9.55 Å². The van der Waals surface area contributed by atoms with E-state index in [4.69, 9.17) is 4.98 Å². The number of hydrogen-bond acceptors (Lipinski definition) is 3. The minimum absolute atomic E-state index is 0.896. The third-order valence-electron chi connectivity index (χ3n) is 5.14. The van der Waals surface area contributed by atoms with E-state index in [0.717, 1.165) is 53.7 Å². The molecular formula is C25H22N4. The molecule has 0 amide bonds. The SMILES string of the molecule is c1ccc(N(c2cccc(-n3cccc3)c2)c2cccc(C3=NCCC3)n2)cc1. The molecule has 0 radical (unpaired) electrons. The van der Waals surface area contributed by atoms with E-state index in [1.807, 2.05) is 18.2 Å². The number of aliphatic imine (C=N–C) groups is 1. The van der Waals surface area contributed by atoms with Gasteiger partial charge >= 0.3 is 0 Å². The second-order valence-electron chi connectivity index (χ2n) is 7.09. The van der Waals surface area contributed by atoms with Gasteiger partial charge in [0.1, 0.15) is 5.82 Å². The Labute approximate surface area is 170 Å². The molecule has 3 heterocycles. The average molecular weight is 378 g/mol. The number of anilines is 3. The largest absolute Gasteiger partial charge is 0.324 e. The summed E-state index contributed by atoms with van der Waals surface area (Å²) in [5.41, 5.74) is 5.35. The fourth-order valence-corrected chi connectivity index (χ4v) is 3.75. The maximum atomic E-state index is 4.99. The molecule has 29 heavy (non-hydrogen) atoms. The Morgan fingerprint density at radius 3 is 2.34 bits per heavy atom. The number of benzene rings is 2. The highest BCUT2D eigenvalue weighted by Crippen LogP contribution is 2.34. The standard InChI is InChI=1S/C25H22N4/c1-2-9-20(10-3-1)29(22-12-6-11-21(19-22)28-17-4-5-18-28)25-15-7-13-24(27-25)23-14-8-16-26-23/h1-7,9-13,15,17-19H,8,14,16H2. The number of hydrogen-bond donors (Lipinski definition) is 0. The van der Waals surface area contributed by atoms with Crippen molar-refractivity contribution in [2.24, 2.45) is 4.99 Å². The van der Waals surface area contributed by atoms with Crippen molar-refractivity contribution in [3.63, 3.8) is 0 Å². The van der Waals surface area contributed by atoms with Crippen LogP contribution in [0.3, 0.4) is 0 Å². The summed E-state index contributed by atoms with van der Waals surface area (Å²) in [6.07, 6.45) is 6.24. The highest BCUT2D eigenvalue weighted by atomic mass is 15.2. The first kappa shape index (κ1) is 17.4. The first-order valence-corrected chi connectivity index (χ1v) is 9.98. The first-order chi connectivity index (χ1) is 14.4. The lowest BCUT2D eigenvalue weighted by molar-refractivity contribution is 0.950. The van der Waals surface area contributed by atoms with Gasteiger partial charge in [-0.05, 0) is 67.4 Å². The average Bonchev–Trinajstić information content (AvgIpc) is 3.50. The smallest absolute Gasteiger partial charge is 0.138 e. The van der Waals surface area contributed by atoms with E-state index in [9.17, 15) is 0 Å². The number of nitrogens with zero attached hydrogens (tertiary/aromatic N) is 4. The van der Waals surface area contributed by atoms with E-state index in [2.05, 4.69) is 93.6 Å². The summed E-state index contributed by atoms with van der Waals surface area (Å²) < 4.78 is 2.11. The third-order valence-corrected chi connectivity index (χ3v) is 5.14. The summed E-state index contributed by atoms with van der Waals surface area (Å²) in [6, 6.07) is 29.2. The van der Waals surface area contributed by atoms with Gasteiger partial charge in [0.25, 0.3) is 0 Å². The summed E-state index contributed by atoms with van der Waals surface area (Å²) in [5, 5.41) is 0. The van der Waals surface area contributed by atoms with Crippen LogP contribution in [0.25, 0.3) is 5.69 Å². The summed E-state index contributed by atoms with van der Waals surface area (Å²) in [6.45, 7) is 0.905. The van der Waals surface area contributed by atoms with Crippen LogP contribution < -0.4 is 4.90 Å². The molecule has 0 aliphatic carbocycles. The van der Waals surface area contributed by atoms with Crippen LogP contribution in [0.2, 0.25) is 0 Å². The van der Waals surface area contributed by atoms with Crippen LogP contribution in [0.1, 0.15) is 18.5 Å². The molecule has 5 rings (SSSR count). The van der Waals surface area contributed by atoms with Gasteiger partial charge in [-0.2, -0.15) is 0 Å². The molecule has 142 valence electrons. The molecule has 0 atom stereocenters. The minimum atomic E-state index is 0.896. The van der Waals surface area contributed by atoms with Crippen molar-refractivity contribution >= 4 is 22.9 Å². The molecule has 0 bridgehead atoms. The molecule has 0 saturated carbocycles. The summed E-state index contributed by atoms with van der Waals surface area (Å²) in [5.74, 6) is 0.896. The zero-order valence-electron chi connectivity index (χ0n) is 16.1. The molecule has 0 fully saturated rings. The van der Waals surface area contributed by atoms with Crippen LogP contribution in [0.4, 0.5) is 17.2 Å². The Morgan fingerprint density at radius 1 is 0.759 bits per heavy atom. The number of pyridine rings is 1. The lowest BCUT2D eigenvalue weighted by Crippen LogP contribution is -2.13. The Morgan fingerprint density at radius 2 is 1.55 bits per heavy atom. The zero-order chi connectivity index (χ0) is 19.5. The molecule has 0 unspecified atom stereocenters. The lowest BCUT2D eigenvalue weighted by Gasteiger charge is -2.25. The van der Waals surface area contributed by atoms with Crippen LogP contribution in [0, 0.1) is 0 Å². The van der Waals surface area contributed by atoms with Crippen LogP contribution in [0.15, 0.2) is 102 Å². The predicted molar refractivity (Wildman–Crippen MR) is 119 cm³/mol. The van der Waals surface area contributed by atoms with Crippen molar-refractivity contribution in [1.29, 1.82) is 0 Å². The molecular weight excluding hydrogens is 356 g/mol. The second-order valence-corrected chi connectivity index (χ2v) is 7.09. The summed E-state index contributed by atoms with van der Waals surface area (Å²) >= 11 is 0. The van der Waals surface area contributed by atoms with Crippen LogP contribution in [-0.2, 0) is 0 Å². The molecule has 4 aromatic rings. The zero-order valence-corrected chi connectivity index (χ0v) is 16.1. The third kappa shape index (κ3) is 3.57. The van der Waals surface area contributed by atoms with Gasteiger partial charge < -0.3 is 4.57 Å². The molecule has 1 aliphatic rings. The van der Waals surface area contributed by atoms with Gasteiger partial charge in [0.2, 0.25) is 0 Å². The molecule has 0 spiro atoms. The Balaban J connectivity index is 1.62. The summed E-state index contributed by atoms with van der Waals surface area (Å²) in [7, 11) is 0. The normalized spacial score (nSPS) is 13.3. The number of para-hydroxylation sites is 1. The van der Waals surface area contributed by atoms with Gasteiger partial charge in [-0.25, -0.2) is 4.98 Å². The Bertz CT molecular complexity index is 1130. The van der Waals surface area contributed by atoms with Crippen molar-refractivity contribution in [3.8, 4) is 5.69 Å². The van der Waals surface area contributed by atoms with E-state index >= 15 is 0 Å². The molecule has 0 N–H and O–H groups in total. The molecule has 1 aliphatic heterocycles. The maximum Gasteiger partial charge on any atom is 0.138 e. The van der Waals surface area contributed by atoms with Crippen molar-refractivity contribution < 1.29 is 0 Å². The monoisotopic (exact) mass is 378 g/mol. The van der Waals surface area contributed by atoms with E-state index in [0.29, 0.717) is 0 Å². The predicted octanol–water partition coefficient (Wildman–Crippen LogP) is 5.93. The van der Waals surface area contributed by atoms with E-state index in [-0.39, 0.29) is 0 Å². The van der Waals surface area contributed by atoms with Gasteiger partial charge in [-0.3, -0.25) is 9.89 Å². The molecule has 2 aromatic heterocycles. The minimum Gasteiger partial charge on any atom is -0.324 e. The molecule has 0 saturated heterocycles. The fourth-order valence-electron chi connectivity index (χ4n) is 3.75. The van der Waals surface area contributed by atoms with Crippen molar-refractivity contribution in [2.75, 3.05) is 11.4 Å². The van der Waals surface area contributed by atoms with Gasteiger partial charge in [-0.15, -0.1) is 0 Å². The fraction of sp³-hybridized carbons (Fsp3) is 0.120. The van der Waals surface area contributed by atoms with Crippen LogP contribution in [-0.4, -0.2) is 21.8 Å². The van der Waals surface area contributed by atoms with Gasteiger partial charge in [-0.1, -0.05) is 30.3 Å². The Hall–Kier alpha value is -3.66. The van der Waals surface area contributed by atoms with Crippen molar-refractivity contribution in [3.05, 3.63) is 103 Å². The highest BCUT2D eigenvalue weighted by molar-refractivity contribution is 6.00. The van der Waals surface area contributed by atoms with Gasteiger partial charge in [0.15, 0.2) is 0 Å². The quantitative estimate of drug-likeness (QED) is 0.431. The second kappa shape index (κ2) is 7.76. The van der Waals surface area contributed by atoms with E-state index in [1.165, 1.54) is 0 Å². The number of rotatable bonds is 5. The Kier molecular flexibility index (Phi) is 4.67. The topological polar surface area (TPSA) is 33.4 Å². The highest BCUT2D eigenvalue weighted by Gasteiger charge is 2.17. The summed E-state index contributed by atoms with van der Waals surface area (Å²) in [4.78, 5) is 11.8. The van der Waals surface area contributed by atoms with Crippen molar-refractivity contribution in [2.45, 2.75) is 12.8 Å². The van der Waals surface area contributed by atoms with Gasteiger partial charge in [0, 0.05) is 36.0 Å². The lowest BCUT2D eigenvalue weighted by atomic mass is 10.1. The maximum absolute atomic E-state index is 4.99. The van der Waals surface area contributed by atoms with Crippen LogP contribution in [0.5, 0.6) is 0 Å². The molecule has 4 nitrogen and oxygen atoms in total. The van der Waals surface area contributed by atoms with Crippen LogP contribution >= 0.6 is 0 Å². The van der Waals surface area contributed by atoms with E-state index in [1.54, 1.807) is 0 Å². The van der Waals surface area contributed by atoms with E-state index < -0.39 is 0 Å². The molecule has 2 aromatic carbocycles. The number of aromatic nitrogens is 2. The molecule has 4 heteroatoms. The van der Waals surface area contributed by atoms with Gasteiger partial charge in [0.05, 0.1) is 11.4 Å².